The molecule has 4 heteroatoms. The maximum Gasteiger partial charge on any atom is 0.0443 e. The fourth-order valence-electron chi connectivity index (χ4n) is 1.47. The van der Waals surface area contributed by atoms with Crippen LogP contribution < -0.4 is 0 Å². The molecule has 0 bridgehead atoms. The minimum Gasteiger partial charge on any atom is -0.144 e. The highest BCUT2D eigenvalue weighted by atomic mass is 32.1. The van der Waals surface area contributed by atoms with Crippen molar-refractivity contribution in [1.82, 2.24) is 0 Å². The fourth-order valence-corrected chi connectivity index (χ4v) is 2.31. The summed E-state index contributed by atoms with van der Waals surface area (Å²) in [5.41, 5.74) is 10.6. The number of rotatable bonds is 4. The van der Waals surface area contributed by atoms with Crippen LogP contribution in [0.15, 0.2) is 53.0 Å². The average molecular weight is 241 g/mol. The first-order valence-corrected chi connectivity index (χ1v) is 6.09. The largest absolute Gasteiger partial charge is 0.144 e. The van der Waals surface area contributed by atoms with Crippen LogP contribution >= 0.6 is 11.3 Å². The van der Waals surface area contributed by atoms with E-state index >= 15 is 0 Å². The number of thiophene rings is 1. The molecule has 0 N–H and O–H groups in total. The molecule has 0 spiro atoms. The third-order valence-electron chi connectivity index (χ3n) is 2.26. The van der Waals surface area contributed by atoms with Crippen LogP contribution in [0.3, 0.4) is 0 Å². The van der Waals surface area contributed by atoms with Crippen molar-refractivity contribution in [1.29, 1.82) is 0 Å². The molecule has 1 aromatic carbocycles. The molecule has 1 heterocycles. The van der Waals surface area contributed by atoms with Crippen LogP contribution in [0.5, 0.6) is 0 Å². The quantitative estimate of drug-likeness (QED) is 0.422. The smallest absolute Gasteiger partial charge is 0.0443 e. The lowest BCUT2D eigenvalue weighted by atomic mass is 10.1. The Labute approximate surface area is 104 Å². The van der Waals surface area contributed by atoms with Gasteiger partial charge >= 0.3 is 0 Å². The highest BCUT2D eigenvalue weighted by molar-refractivity contribution is 7.11. The monoisotopic (exact) mass is 241 g/mol. The number of benzene rings is 1. The number of hydrogen-bond acceptors (Lipinski definition) is 2. The van der Waals surface area contributed by atoms with E-state index in [0.29, 0.717) is 6.54 Å². The predicted molar refractivity (Wildman–Crippen MR) is 72.8 cm³/mol. The number of azide groups is 1. The summed E-state index contributed by atoms with van der Waals surface area (Å²) >= 11 is 1.68. The summed E-state index contributed by atoms with van der Waals surface area (Å²) in [7, 11) is 0. The van der Waals surface area contributed by atoms with E-state index in [1.807, 2.05) is 30.4 Å². The fraction of sp³-hybridized carbons (Fsp3) is 0.0769. The van der Waals surface area contributed by atoms with Gasteiger partial charge in [-0.3, -0.25) is 0 Å². The molecule has 3 nitrogen and oxygen atoms in total. The molecule has 0 fully saturated rings. The summed E-state index contributed by atoms with van der Waals surface area (Å²) in [6.07, 6.45) is 3.84. The van der Waals surface area contributed by atoms with Crippen molar-refractivity contribution in [2.45, 2.75) is 0 Å². The van der Waals surface area contributed by atoms with Crippen molar-refractivity contribution >= 4 is 17.4 Å². The maximum atomic E-state index is 8.14. The molecule has 2 rings (SSSR count). The molecule has 0 amide bonds. The van der Waals surface area contributed by atoms with Gasteiger partial charge in [-0.2, -0.15) is 0 Å². The van der Waals surface area contributed by atoms with Crippen molar-refractivity contribution in [3.05, 3.63) is 63.2 Å². The molecule has 0 aliphatic carbocycles. The Morgan fingerprint density at radius 1 is 1.24 bits per heavy atom. The Kier molecular flexibility index (Phi) is 3.97. The molecule has 17 heavy (non-hydrogen) atoms. The van der Waals surface area contributed by atoms with E-state index in [2.05, 4.69) is 33.6 Å². The molecule has 0 saturated carbocycles. The Morgan fingerprint density at radius 2 is 2.06 bits per heavy atom. The first-order valence-electron chi connectivity index (χ1n) is 5.21. The van der Waals surface area contributed by atoms with Crippen LogP contribution in [-0.2, 0) is 0 Å². The van der Waals surface area contributed by atoms with Crippen LogP contribution in [-0.4, -0.2) is 6.54 Å². The summed E-state index contributed by atoms with van der Waals surface area (Å²) in [6, 6.07) is 12.4. The van der Waals surface area contributed by atoms with Crippen molar-refractivity contribution in [3.63, 3.8) is 0 Å². The number of hydrogen-bond donors (Lipinski definition) is 0. The average Bonchev–Trinajstić information content (AvgIpc) is 2.85. The molecule has 0 unspecified atom stereocenters. The highest BCUT2D eigenvalue weighted by Gasteiger charge is 1.99. The SMILES string of the molecule is [N-]=[N+]=NCC=Cc1cc(-c2ccccc2)cs1. The minimum absolute atomic E-state index is 0.398. The van der Waals surface area contributed by atoms with E-state index in [1.54, 1.807) is 11.3 Å². The van der Waals surface area contributed by atoms with Gasteiger partial charge in [0.2, 0.25) is 0 Å². The zero-order chi connectivity index (χ0) is 11.9. The van der Waals surface area contributed by atoms with Crippen molar-refractivity contribution in [3.8, 4) is 11.1 Å². The molecule has 0 aliphatic rings. The molecule has 2 aromatic rings. The van der Waals surface area contributed by atoms with Crippen molar-refractivity contribution in [2.24, 2.45) is 5.11 Å². The summed E-state index contributed by atoms with van der Waals surface area (Å²) in [4.78, 5) is 3.86. The van der Waals surface area contributed by atoms with Gasteiger partial charge in [0.1, 0.15) is 0 Å². The topological polar surface area (TPSA) is 48.8 Å². The lowest BCUT2D eigenvalue weighted by molar-refractivity contribution is 1.22. The predicted octanol–water partition coefficient (Wildman–Crippen LogP) is 4.74. The Morgan fingerprint density at radius 3 is 2.82 bits per heavy atom. The van der Waals surface area contributed by atoms with E-state index in [-0.39, 0.29) is 0 Å². The normalized spacial score (nSPS) is 10.4. The molecular weight excluding hydrogens is 230 g/mol. The molecule has 0 saturated heterocycles. The second-order valence-corrected chi connectivity index (χ2v) is 4.36. The van der Waals surface area contributed by atoms with Gasteiger partial charge in [0.05, 0.1) is 0 Å². The Hall–Kier alpha value is -2.03. The van der Waals surface area contributed by atoms with Crippen molar-refractivity contribution in [2.75, 3.05) is 6.54 Å². The van der Waals surface area contributed by atoms with Gasteiger partial charge in [-0.05, 0) is 34.2 Å². The van der Waals surface area contributed by atoms with Gasteiger partial charge in [-0.1, -0.05) is 41.5 Å². The van der Waals surface area contributed by atoms with Gasteiger partial charge in [-0.25, -0.2) is 0 Å². The molecule has 84 valence electrons. The van der Waals surface area contributed by atoms with Gasteiger partial charge in [0.15, 0.2) is 0 Å². The van der Waals surface area contributed by atoms with E-state index in [4.69, 9.17) is 5.53 Å². The maximum absolute atomic E-state index is 8.14. The molecule has 0 radical (unpaired) electrons. The number of nitrogens with zero attached hydrogens (tertiary/aromatic N) is 3. The van der Waals surface area contributed by atoms with E-state index < -0.39 is 0 Å². The van der Waals surface area contributed by atoms with Crippen molar-refractivity contribution < 1.29 is 0 Å². The molecular formula is C13H11N3S. The van der Waals surface area contributed by atoms with Crippen LogP contribution in [0, 0.1) is 0 Å². The second kappa shape index (κ2) is 5.89. The van der Waals surface area contributed by atoms with Gasteiger partial charge in [0.25, 0.3) is 0 Å². The first-order chi connectivity index (χ1) is 8.40. The van der Waals surface area contributed by atoms with Gasteiger partial charge < -0.3 is 0 Å². The summed E-state index contributed by atoms with van der Waals surface area (Å²) in [6.45, 7) is 0.398. The van der Waals surface area contributed by atoms with E-state index in [9.17, 15) is 0 Å². The van der Waals surface area contributed by atoms with Gasteiger partial charge in [0, 0.05) is 16.3 Å². The highest BCUT2D eigenvalue weighted by Crippen LogP contribution is 2.26. The second-order valence-electron chi connectivity index (χ2n) is 3.42. The third kappa shape index (κ3) is 3.21. The Balaban J connectivity index is 2.11. The zero-order valence-electron chi connectivity index (χ0n) is 9.15. The van der Waals surface area contributed by atoms with Crippen LogP contribution in [0.1, 0.15) is 4.88 Å². The lowest BCUT2D eigenvalue weighted by Gasteiger charge is -1.94. The summed E-state index contributed by atoms with van der Waals surface area (Å²) in [5.74, 6) is 0. The van der Waals surface area contributed by atoms with Gasteiger partial charge in [-0.15, -0.1) is 11.3 Å². The zero-order valence-corrected chi connectivity index (χ0v) is 9.97. The summed E-state index contributed by atoms with van der Waals surface area (Å²) in [5, 5.41) is 5.58. The molecule has 0 atom stereocenters. The lowest BCUT2D eigenvalue weighted by Crippen LogP contribution is -1.70. The van der Waals surface area contributed by atoms with Crippen LogP contribution in [0.2, 0.25) is 0 Å². The molecule has 0 aliphatic heterocycles. The third-order valence-corrected chi connectivity index (χ3v) is 3.16. The standard InChI is InChI=1S/C13H11N3S/c14-16-15-8-4-7-13-9-12(10-17-13)11-5-2-1-3-6-11/h1-7,9-10H,8H2. The molecule has 1 aromatic heterocycles. The van der Waals surface area contributed by atoms with Crippen LogP contribution in [0.4, 0.5) is 0 Å². The summed E-state index contributed by atoms with van der Waals surface area (Å²) < 4.78 is 0. The van der Waals surface area contributed by atoms with E-state index in [0.717, 1.165) is 4.88 Å². The Bertz CT molecular complexity index is 551. The minimum atomic E-state index is 0.398. The van der Waals surface area contributed by atoms with Crippen LogP contribution in [0.25, 0.3) is 27.6 Å². The first kappa shape index (κ1) is 11.5. The van der Waals surface area contributed by atoms with E-state index in [1.165, 1.54) is 11.1 Å².